The standard InChI is InChI=1S/C14H26N2OS/c1-6-14(7-2,17-5)13-16-12(10-18-13)11(4)9-15-8-3/h10-11,15H,6-9H2,1-5H3. The summed E-state index contributed by atoms with van der Waals surface area (Å²) in [4.78, 5) is 4.80. The minimum absolute atomic E-state index is 0.194. The molecule has 104 valence electrons. The minimum Gasteiger partial charge on any atom is -0.371 e. The highest BCUT2D eigenvalue weighted by Crippen LogP contribution is 2.35. The molecule has 0 aliphatic rings. The topological polar surface area (TPSA) is 34.1 Å². The van der Waals surface area contributed by atoms with Gasteiger partial charge in [0.2, 0.25) is 0 Å². The molecule has 0 amide bonds. The van der Waals surface area contributed by atoms with Crippen LogP contribution in [0.25, 0.3) is 0 Å². The van der Waals surface area contributed by atoms with Gasteiger partial charge in [-0.3, -0.25) is 0 Å². The fraction of sp³-hybridized carbons (Fsp3) is 0.786. The van der Waals surface area contributed by atoms with Gasteiger partial charge in [-0.2, -0.15) is 0 Å². The van der Waals surface area contributed by atoms with Gasteiger partial charge in [0.05, 0.1) is 5.69 Å². The Morgan fingerprint density at radius 2 is 2.06 bits per heavy atom. The second-order valence-corrected chi connectivity index (χ2v) is 5.55. The number of aromatic nitrogens is 1. The summed E-state index contributed by atoms with van der Waals surface area (Å²) in [5.41, 5.74) is 0.986. The first kappa shape index (κ1) is 15.6. The number of rotatable bonds is 8. The largest absolute Gasteiger partial charge is 0.371 e. The number of ether oxygens (including phenoxy) is 1. The van der Waals surface area contributed by atoms with Crippen LogP contribution in [0.5, 0.6) is 0 Å². The van der Waals surface area contributed by atoms with E-state index in [9.17, 15) is 0 Å². The first-order chi connectivity index (χ1) is 8.63. The van der Waals surface area contributed by atoms with Gasteiger partial charge >= 0.3 is 0 Å². The van der Waals surface area contributed by atoms with Crippen LogP contribution < -0.4 is 5.32 Å². The molecule has 1 N–H and O–H groups in total. The Morgan fingerprint density at radius 1 is 1.39 bits per heavy atom. The first-order valence-electron chi connectivity index (χ1n) is 6.85. The van der Waals surface area contributed by atoms with Gasteiger partial charge in [-0.1, -0.05) is 27.7 Å². The summed E-state index contributed by atoms with van der Waals surface area (Å²) in [6.45, 7) is 10.7. The SMILES string of the molecule is CCNCC(C)c1csc(C(CC)(CC)OC)n1. The van der Waals surface area contributed by atoms with Gasteiger partial charge in [-0.25, -0.2) is 4.98 Å². The molecule has 0 aromatic carbocycles. The number of thiazole rings is 1. The van der Waals surface area contributed by atoms with Crippen molar-refractivity contribution in [3.8, 4) is 0 Å². The third-order valence-electron chi connectivity index (χ3n) is 3.65. The van der Waals surface area contributed by atoms with Gasteiger partial charge in [0.25, 0.3) is 0 Å². The van der Waals surface area contributed by atoms with E-state index in [1.165, 1.54) is 5.69 Å². The summed E-state index contributed by atoms with van der Waals surface area (Å²) < 4.78 is 5.73. The van der Waals surface area contributed by atoms with Crippen molar-refractivity contribution < 1.29 is 4.74 Å². The number of hydrogen-bond donors (Lipinski definition) is 1. The molecule has 1 atom stereocenters. The lowest BCUT2D eigenvalue weighted by atomic mass is 9.98. The zero-order chi connectivity index (χ0) is 13.6. The van der Waals surface area contributed by atoms with E-state index in [-0.39, 0.29) is 5.60 Å². The smallest absolute Gasteiger partial charge is 0.125 e. The van der Waals surface area contributed by atoms with Crippen molar-refractivity contribution >= 4 is 11.3 Å². The molecule has 1 aromatic heterocycles. The van der Waals surface area contributed by atoms with Crippen LogP contribution in [0, 0.1) is 0 Å². The lowest BCUT2D eigenvalue weighted by Gasteiger charge is -2.27. The number of likely N-dealkylation sites (N-methyl/N-ethyl adjacent to an activating group) is 1. The molecule has 3 nitrogen and oxygen atoms in total. The van der Waals surface area contributed by atoms with Crippen molar-refractivity contribution in [1.29, 1.82) is 0 Å². The molecule has 0 aliphatic heterocycles. The quantitative estimate of drug-likeness (QED) is 0.785. The van der Waals surface area contributed by atoms with Gasteiger partial charge in [-0.05, 0) is 19.4 Å². The molecule has 0 saturated heterocycles. The third kappa shape index (κ3) is 3.31. The molecular formula is C14H26N2OS. The zero-order valence-corrected chi connectivity index (χ0v) is 13.1. The summed E-state index contributed by atoms with van der Waals surface area (Å²) in [7, 11) is 1.79. The average Bonchev–Trinajstić information content (AvgIpc) is 2.89. The van der Waals surface area contributed by atoms with Gasteiger partial charge in [-0.15, -0.1) is 11.3 Å². The van der Waals surface area contributed by atoms with E-state index in [0.717, 1.165) is 30.9 Å². The maximum Gasteiger partial charge on any atom is 0.125 e. The summed E-state index contributed by atoms with van der Waals surface area (Å²) >= 11 is 1.73. The number of hydrogen-bond acceptors (Lipinski definition) is 4. The highest BCUT2D eigenvalue weighted by Gasteiger charge is 2.31. The van der Waals surface area contributed by atoms with E-state index in [0.29, 0.717) is 5.92 Å². The molecule has 0 bridgehead atoms. The molecular weight excluding hydrogens is 244 g/mol. The van der Waals surface area contributed by atoms with Crippen molar-refractivity contribution in [2.45, 2.75) is 52.1 Å². The zero-order valence-electron chi connectivity index (χ0n) is 12.2. The van der Waals surface area contributed by atoms with E-state index < -0.39 is 0 Å². The highest BCUT2D eigenvalue weighted by atomic mass is 32.1. The average molecular weight is 270 g/mol. The third-order valence-corrected chi connectivity index (χ3v) is 4.70. The van der Waals surface area contributed by atoms with Crippen LogP contribution in [0.2, 0.25) is 0 Å². The molecule has 18 heavy (non-hydrogen) atoms. The first-order valence-corrected chi connectivity index (χ1v) is 7.73. The summed E-state index contributed by atoms with van der Waals surface area (Å²) in [5, 5.41) is 6.67. The second kappa shape index (κ2) is 7.22. The Morgan fingerprint density at radius 3 is 2.56 bits per heavy atom. The molecule has 0 spiro atoms. The molecule has 1 unspecified atom stereocenters. The fourth-order valence-electron chi connectivity index (χ4n) is 2.12. The minimum atomic E-state index is -0.194. The second-order valence-electron chi connectivity index (χ2n) is 4.69. The Balaban J connectivity index is 2.84. The molecule has 1 aromatic rings. The van der Waals surface area contributed by atoms with Crippen LogP contribution in [-0.2, 0) is 10.3 Å². The van der Waals surface area contributed by atoms with Crippen molar-refractivity contribution in [3.63, 3.8) is 0 Å². The molecule has 0 fully saturated rings. The van der Waals surface area contributed by atoms with E-state index in [4.69, 9.17) is 9.72 Å². The molecule has 4 heteroatoms. The Labute approximate surface area is 115 Å². The number of nitrogens with zero attached hydrogens (tertiary/aromatic N) is 1. The number of nitrogens with one attached hydrogen (secondary N) is 1. The van der Waals surface area contributed by atoms with E-state index in [2.05, 4.69) is 38.4 Å². The summed E-state index contributed by atoms with van der Waals surface area (Å²) in [6, 6.07) is 0. The van der Waals surface area contributed by atoms with E-state index >= 15 is 0 Å². The molecule has 0 radical (unpaired) electrons. The normalized spacial score (nSPS) is 13.8. The maximum absolute atomic E-state index is 5.73. The molecule has 0 aliphatic carbocycles. The van der Waals surface area contributed by atoms with Gasteiger partial charge in [0.15, 0.2) is 0 Å². The van der Waals surface area contributed by atoms with Crippen molar-refractivity contribution in [3.05, 3.63) is 16.1 Å². The van der Waals surface area contributed by atoms with E-state index in [1.54, 1.807) is 18.4 Å². The van der Waals surface area contributed by atoms with Crippen LogP contribution >= 0.6 is 11.3 Å². The Bertz CT molecular complexity index is 339. The van der Waals surface area contributed by atoms with Crippen molar-refractivity contribution in [1.82, 2.24) is 10.3 Å². The van der Waals surface area contributed by atoms with Crippen LogP contribution in [-0.4, -0.2) is 25.2 Å². The van der Waals surface area contributed by atoms with Crippen LogP contribution in [0.3, 0.4) is 0 Å². The lowest BCUT2D eigenvalue weighted by Crippen LogP contribution is -2.26. The lowest BCUT2D eigenvalue weighted by molar-refractivity contribution is -0.0220. The molecule has 1 rings (SSSR count). The molecule has 1 heterocycles. The Hall–Kier alpha value is -0.450. The van der Waals surface area contributed by atoms with E-state index in [1.807, 2.05) is 0 Å². The monoisotopic (exact) mass is 270 g/mol. The van der Waals surface area contributed by atoms with Crippen LogP contribution in [0.1, 0.15) is 57.2 Å². The van der Waals surface area contributed by atoms with Crippen LogP contribution in [0.15, 0.2) is 5.38 Å². The predicted octanol–water partition coefficient (Wildman–Crippen LogP) is 3.52. The fourth-order valence-corrected chi connectivity index (χ4v) is 3.38. The predicted molar refractivity (Wildman–Crippen MR) is 78.3 cm³/mol. The molecule has 0 saturated carbocycles. The summed E-state index contributed by atoms with van der Waals surface area (Å²) in [5.74, 6) is 0.457. The van der Waals surface area contributed by atoms with Crippen LogP contribution in [0.4, 0.5) is 0 Å². The van der Waals surface area contributed by atoms with Gasteiger partial charge in [0.1, 0.15) is 10.6 Å². The van der Waals surface area contributed by atoms with Gasteiger partial charge in [0, 0.05) is 25.0 Å². The highest BCUT2D eigenvalue weighted by molar-refractivity contribution is 7.09. The van der Waals surface area contributed by atoms with Crippen molar-refractivity contribution in [2.75, 3.05) is 20.2 Å². The van der Waals surface area contributed by atoms with Crippen molar-refractivity contribution in [2.24, 2.45) is 0 Å². The summed E-state index contributed by atoms with van der Waals surface area (Å²) in [6.07, 6.45) is 1.93. The van der Waals surface area contributed by atoms with Gasteiger partial charge < -0.3 is 10.1 Å². The number of methoxy groups -OCH3 is 1. The Kier molecular flexibility index (Phi) is 6.26. The maximum atomic E-state index is 5.73.